The molecule has 0 aliphatic rings. The van der Waals surface area contributed by atoms with Gasteiger partial charge in [-0.15, -0.1) is 0 Å². The fourth-order valence-electron chi connectivity index (χ4n) is 3.22. The van der Waals surface area contributed by atoms with Gasteiger partial charge in [-0.05, 0) is 31.0 Å². The number of hydrogen-bond donors (Lipinski definition) is 1. The van der Waals surface area contributed by atoms with Crippen LogP contribution in [0.25, 0.3) is 22.2 Å². The van der Waals surface area contributed by atoms with Gasteiger partial charge >= 0.3 is 0 Å². The zero-order valence-corrected chi connectivity index (χ0v) is 17.0. The van der Waals surface area contributed by atoms with Gasteiger partial charge in [0.05, 0.1) is 11.2 Å². The number of fused-ring (bicyclic) bond motifs is 1. The summed E-state index contributed by atoms with van der Waals surface area (Å²) in [5.41, 5.74) is 6.54. The first-order valence-corrected chi connectivity index (χ1v) is 10.2. The lowest BCUT2D eigenvalue weighted by Crippen LogP contribution is -1.99. The second-order valence-corrected chi connectivity index (χ2v) is 7.67. The van der Waals surface area contributed by atoms with Crippen molar-refractivity contribution in [3.05, 3.63) is 77.5 Å². The maximum atomic E-state index is 5.04. The minimum atomic E-state index is 0.758. The molecule has 0 aliphatic heterocycles. The largest absolute Gasteiger partial charge is 0.373 e. The molecule has 28 heavy (non-hydrogen) atoms. The summed E-state index contributed by atoms with van der Waals surface area (Å²) in [5.74, 6) is 1.60. The van der Waals surface area contributed by atoms with E-state index in [0.29, 0.717) is 0 Å². The molecule has 0 unspecified atom stereocenters. The van der Waals surface area contributed by atoms with Gasteiger partial charge in [-0.1, -0.05) is 60.3 Å². The molecule has 0 radical (unpaired) electrons. The third-order valence-electron chi connectivity index (χ3n) is 4.62. The number of thioether (sulfide) groups is 1. The Morgan fingerprint density at radius 1 is 0.893 bits per heavy atom. The van der Waals surface area contributed by atoms with Gasteiger partial charge in [-0.25, -0.2) is 15.0 Å². The normalized spacial score (nSPS) is 11.0. The van der Waals surface area contributed by atoms with Gasteiger partial charge in [0, 0.05) is 35.5 Å². The van der Waals surface area contributed by atoms with Crippen molar-refractivity contribution in [1.29, 1.82) is 0 Å². The fourth-order valence-corrected chi connectivity index (χ4v) is 4.10. The molecule has 0 atom stereocenters. The highest BCUT2D eigenvalue weighted by Crippen LogP contribution is 2.31. The number of nitrogens with one attached hydrogen (secondary N) is 1. The van der Waals surface area contributed by atoms with Crippen LogP contribution in [0, 0.1) is 13.8 Å². The van der Waals surface area contributed by atoms with Crippen molar-refractivity contribution < 1.29 is 0 Å². The molecule has 0 aliphatic carbocycles. The molecule has 1 N–H and O–H groups in total. The van der Waals surface area contributed by atoms with Crippen LogP contribution >= 0.6 is 11.8 Å². The van der Waals surface area contributed by atoms with Crippen molar-refractivity contribution in [1.82, 2.24) is 15.0 Å². The Morgan fingerprint density at radius 2 is 1.71 bits per heavy atom. The van der Waals surface area contributed by atoms with E-state index in [2.05, 4.69) is 70.7 Å². The highest BCUT2D eigenvalue weighted by Gasteiger charge is 2.12. The third-order valence-corrected chi connectivity index (χ3v) is 5.52. The van der Waals surface area contributed by atoms with Gasteiger partial charge < -0.3 is 5.32 Å². The number of nitrogens with zero attached hydrogens (tertiary/aromatic N) is 3. The van der Waals surface area contributed by atoms with E-state index in [1.807, 2.05) is 26.1 Å². The minimum absolute atomic E-state index is 0.758. The topological polar surface area (TPSA) is 50.7 Å². The molecule has 0 fully saturated rings. The van der Waals surface area contributed by atoms with Crippen LogP contribution in [0.3, 0.4) is 0 Å². The lowest BCUT2D eigenvalue weighted by Gasteiger charge is -2.12. The Kier molecular flexibility index (Phi) is 5.26. The van der Waals surface area contributed by atoms with Gasteiger partial charge in [0.2, 0.25) is 0 Å². The molecule has 2 heterocycles. The first kappa shape index (κ1) is 18.4. The molecule has 5 heteroatoms. The lowest BCUT2D eigenvalue weighted by molar-refractivity contribution is 0.934. The van der Waals surface area contributed by atoms with Crippen molar-refractivity contribution >= 4 is 28.5 Å². The average Bonchev–Trinajstić information content (AvgIpc) is 2.72. The molecule has 0 saturated heterocycles. The molecule has 4 rings (SSSR count). The monoisotopic (exact) mass is 386 g/mol. The maximum absolute atomic E-state index is 5.04. The minimum Gasteiger partial charge on any atom is -0.373 e. The van der Waals surface area contributed by atoms with E-state index >= 15 is 0 Å². The molecule has 4 nitrogen and oxygen atoms in total. The number of aromatic nitrogens is 3. The van der Waals surface area contributed by atoms with Gasteiger partial charge in [0.15, 0.2) is 5.16 Å². The lowest BCUT2D eigenvalue weighted by atomic mass is 10.0. The third kappa shape index (κ3) is 3.85. The molecule has 0 amide bonds. The van der Waals surface area contributed by atoms with E-state index in [4.69, 9.17) is 4.98 Å². The Labute approximate surface area is 169 Å². The standard InChI is InChI=1S/C23H22N4S/c1-15-8-7-11-18-13-19(14-28-23-25-16(2)12-20(24-3)26-23)22(27-21(15)18)17-9-5-4-6-10-17/h4-13H,14H2,1-3H3,(H,24,25,26). The number of hydrogen-bond acceptors (Lipinski definition) is 5. The number of anilines is 1. The van der Waals surface area contributed by atoms with Crippen molar-refractivity contribution in [2.24, 2.45) is 0 Å². The van der Waals surface area contributed by atoms with Crippen molar-refractivity contribution in [3.63, 3.8) is 0 Å². The Bertz CT molecular complexity index is 1130. The summed E-state index contributed by atoms with van der Waals surface area (Å²) in [4.78, 5) is 14.2. The quantitative estimate of drug-likeness (QED) is 0.355. The Balaban J connectivity index is 1.76. The summed E-state index contributed by atoms with van der Waals surface area (Å²) in [6, 6.07) is 20.9. The summed E-state index contributed by atoms with van der Waals surface area (Å²) in [5, 5.41) is 5.03. The molecule has 2 aromatic heterocycles. The molecule has 140 valence electrons. The fraction of sp³-hybridized carbons (Fsp3) is 0.174. The van der Waals surface area contributed by atoms with E-state index in [9.17, 15) is 0 Å². The number of rotatable bonds is 5. The van der Waals surface area contributed by atoms with Crippen LogP contribution in [0.5, 0.6) is 0 Å². The number of aryl methyl sites for hydroxylation is 2. The van der Waals surface area contributed by atoms with Crippen LogP contribution in [0.15, 0.2) is 65.8 Å². The first-order chi connectivity index (χ1) is 13.6. The summed E-state index contributed by atoms with van der Waals surface area (Å²) in [6.07, 6.45) is 0. The van der Waals surface area contributed by atoms with Crippen molar-refractivity contribution in [2.75, 3.05) is 12.4 Å². The SMILES string of the molecule is CNc1cc(C)nc(SCc2cc3cccc(C)c3nc2-c2ccccc2)n1. The molecule has 2 aromatic carbocycles. The zero-order chi connectivity index (χ0) is 19.5. The predicted octanol–water partition coefficient (Wildman–Crippen LogP) is 5.64. The van der Waals surface area contributed by atoms with Crippen LogP contribution in [-0.4, -0.2) is 22.0 Å². The molecular weight excluding hydrogens is 364 g/mol. The van der Waals surface area contributed by atoms with Gasteiger partial charge in [-0.3, -0.25) is 0 Å². The van der Waals surface area contributed by atoms with Crippen LogP contribution < -0.4 is 5.32 Å². The van der Waals surface area contributed by atoms with E-state index in [0.717, 1.165) is 44.6 Å². The van der Waals surface area contributed by atoms with Crippen LogP contribution in [0.1, 0.15) is 16.8 Å². The van der Waals surface area contributed by atoms with Gasteiger partial charge in [-0.2, -0.15) is 0 Å². The summed E-state index contributed by atoms with van der Waals surface area (Å²) < 4.78 is 0. The van der Waals surface area contributed by atoms with Gasteiger partial charge in [0.25, 0.3) is 0 Å². The Morgan fingerprint density at radius 3 is 2.50 bits per heavy atom. The predicted molar refractivity (Wildman–Crippen MR) is 118 cm³/mol. The van der Waals surface area contributed by atoms with Crippen molar-refractivity contribution in [2.45, 2.75) is 24.8 Å². The van der Waals surface area contributed by atoms with E-state index in [-0.39, 0.29) is 0 Å². The summed E-state index contributed by atoms with van der Waals surface area (Å²) in [6.45, 7) is 4.10. The van der Waals surface area contributed by atoms with Gasteiger partial charge in [0.1, 0.15) is 5.82 Å². The first-order valence-electron chi connectivity index (χ1n) is 9.25. The molecular formula is C23H22N4S. The molecule has 4 aromatic rings. The van der Waals surface area contributed by atoms with Crippen molar-refractivity contribution in [3.8, 4) is 11.3 Å². The summed E-state index contributed by atoms with van der Waals surface area (Å²) >= 11 is 1.64. The van der Waals surface area contributed by atoms with E-state index < -0.39 is 0 Å². The highest BCUT2D eigenvalue weighted by atomic mass is 32.2. The smallest absolute Gasteiger partial charge is 0.190 e. The molecule has 0 saturated carbocycles. The van der Waals surface area contributed by atoms with Crippen LogP contribution in [0.4, 0.5) is 5.82 Å². The number of para-hydroxylation sites is 1. The Hall–Kier alpha value is -2.92. The number of benzene rings is 2. The van der Waals surface area contributed by atoms with E-state index in [1.165, 1.54) is 11.1 Å². The van der Waals surface area contributed by atoms with Crippen LogP contribution in [-0.2, 0) is 5.75 Å². The second kappa shape index (κ2) is 7.98. The second-order valence-electron chi connectivity index (χ2n) is 6.72. The molecule has 0 bridgehead atoms. The maximum Gasteiger partial charge on any atom is 0.190 e. The van der Waals surface area contributed by atoms with Crippen LogP contribution in [0.2, 0.25) is 0 Å². The average molecular weight is 387 g/mol. The highest BCUT2D eigenvalue weighted by molar-refractivity contribution is 7.98. The molecule has 0 spiro atoms. The van der Waals surface area contributed by atoms with E-state index in [1.54, 1.807) is 11.8 Å². The number of pyridine rings is 1. The summed E-state index contributed by atoms with van der Waals surface area (Å²) in [7, 11) is 1.87. The zero-order valence-electron chi connectivity index (χ0n) is 16.2.